The maximum atomic E-state index is 12.1. The number of thioether (sulfide) groups is 1. The van der Waals surface area contributed by atoms with Crippen molar-refractivity contribution in [3.63, 3.8) is 0 Å². The van der Waals surface area contributed by atoms with Crippen LogP contribution < -0.4 is 0 Å². The van der Waals surface area contributed by atoms with E-state index in [0.29, 0.717) is 5.75 Å². The van der Waals surface area contributed by atoms with Crippen molar-refractivity contribution < 1.29 is 4.79 Å². The van der Waals surface area contributed by atoms with Crippen LogP contribution >= 0.6 is 34.7 Å². The molecule has 20 heavy (non-hydrogen) atoms. The molecule has 0 N–H and O–H groups in total. The topological polar surface area (TPSA) is 23.6 Å². The van der Waals surface area contributed by atoms with E-state index in [1.54, 1.807) is 23.1 Å². The fraction of sp³-hybridized carbons (Fsp3) is 0.643. The first-order valence-electron chi connectivity index (χ1n) is 7.13. The van der Waals surface area contributed by atoms with E-state index in [1.807, 2.05) is 11.0 Å². The summed E-state index contributed by atoms with van der Waals surface area (Å²) in [6.07, 6.45) is 3.95. The average Bonchev–Trinajstić information content (AvgIpc) is 3.04. The number of carbonyl (C=O) groups is 1. The molecular weight excluding hydrogens is 312 g/mol. The maximum absolute atomic E-state index is 12.1. The number of thiophene rings is 1. The van der Waals surface area contributed by atoms with Crippen molar-refractivity contribution in [3.8, 4) is 0 Å². The summed E-state index contributed by atoms with van der Waals surface area (Å²) in [6, 6.07) is 3.98. The monoisotopic (exact) mass is 330 g/mol. The van der Waals surface area contributed by atoms with Crippen LogP contribution in [-0.2, 0) is 4.79 Å². The molecule has 110 valence electrons. The van der Waals surface area contributed by atoms with Gasteiger partial charge in [0.05, 0.1) is 10.1 Å². The molecule has 0 spiro atoms. The largest absolute Gasteiger partial charge is 0.324 e. The molecule has 1 aromatic heterocycles. The number of hydrogen-bond acceptors (Lipinski definition) is 4. The Morgan fingerprint density at radius 3 is 2.70 bits per heavy atom. The predicted molar refractivity (Wildman–Crippen MR) is 86.5 cm³/mol. The summed E-state index contributed by atoms with van der Waals surface area (Å²) in [7, 11) is 0. The van der Waals surface area contributed by atoms with Crippen LogP contribution in [0.5, 0.6) is 0 Å². The van der Waals surface area contributed by atoms with Gasteiger partial charge in [0.15, 0.2) is 0 Å². The molecule has 2 aliphatic heterocycles. The molecule has 0 aromatic carbocycles. The fourth-order valence-electron chi connectivity index (χ4n) is 2.82. The van der Waals surface area contributed by atoms with Gasteiger partial charge in [-0.15, -0.1) is 23.1 Å². The first kappa shape index (κ1) is 14.7. The van der Waals surface area contributed by atoms with Crippen LogP contribution in [0.2, 0.25) is 4.34 Å². The van der Waals surface area contributed by atoms with Crippen molar-refractivity contribution in [1.29, 1.82) is 0 Å². The number of halogens is 1. The van der Waals surface area contributed by atoms with E-state index in [0.717, 1.165) is 17.4 Å². The molecule has 1 unspecified atom stereocenters. The number of carbonyl (C=O) groups excluding carboxylic acids is 1. The number of likely N-dealkylation sites (tertiary alicyclic amines) is 1. The Labute approximate surface area is 133 Å². The molecule has 1 atom stereocenters. The molecule has 6 heteroatoms. The van der Waals surface area contributed by atoms with Crippen molar-refractivity contribution >= 4 is 40.6 Å². The van der Waals surface area contributed by atoms with Crippen molar-refractivity contribution in [2.24, 2.45) is 0 Å². The summed E-state index contributed by atoms with van der Waals surface area (Å²) in [4.78, 5) is 17.8. The summed E-state index contributed by atoms with van der Waals surface area (Å²) in [5.41, 5.74) is 0. The lowest BCUT2D eigenvalue weighted by atomic mass is 10.1. The molecule has 1 aromatic rings. The summed E-state index contributed by atoms with van der Waals surface area (Å²) < 4.78 is 0.802. The van der Waals surface area contributed by atoms with Crippen molar-refractivity contribution in [1.82, 2.24) is 9.80 Å². The average molecular weight is 331 g/mol. The van der Waals surface area contributed by atoms with Gasteiger partial charge in [-0.25, -0.2) is 0 Å². The molecule has 1 amide bonds. The molecule has 0 bridgehead atoms. The van der Waals surface area contributed by atoms with Crippen LogP contribution in [0.3, 0.4) is 0 Å². The number of nitrogens with zero attached hydrogens (tertiary/aromatic N) is 2. The lowest BCUT2D eigenvalue weighted by Gasteiger charge is -2.30. The quantitative estimate of drug-likeness (QED) is 0.844. The van der Waals surface area contributed by atoms with Crippen molar-refractivity contribution in [2.75, 3.05) is 31.9 Å². The van der Waals surface area contributed by atoms with E-state index >= 15 is 0 Å². The van der Waals surface area contributed by atoms with Crippen molar-refractivity contribution in [3.05, 3.63) is 21.3 Å². The normalized spacial score (nSPS) is 24.6. The number of rotatable bonds is 4. The lowest BCUT2D eigenvalue weighted by molar-refractivity contribution is -0.128. The standard InChI is InChI=1S/C14H19ClN2OS2/c15-12-5-4-11(20-12)14-17(13(18)10-19-14)9-8-16-6-2-1-3-7-16/h4-5,14H,1-3,6-10H2. The fourth-order valence-corrected chi connectivity index (χ4v) is 5.34. The number of piperidine rings is 1. The second-order valence-corrected chi connectivity index (χ2v) is 8.11. The molecule has 3 rings (SSSR count). The van der Waals surface area contributed by atoms with Crippen molar-refractivity contribution in [2.45, 2.75) is 24.6 Å². The van der Waals surface area contributed by atoms with Crippen LogP contribution in [0.4, 0.5) is 0 Å². The van der Waals surface area contributed by atoms with Gasteiger partial charge < -0.3 is 9.80 Å². The molecule has 3 nitrogen and oxygen atoms in total. The highest BCUT2D eigenvalue weighted by Crippen LogP contribution is 2.42. The molecule has 0 radical (unpaired) electrons. The van der Waals surface area contributed by atoms with Crippen LogP contribution in [0.1, 0.15) is 29.5 Å². The Bertz CT molecular complexity index is 473. The number of hydrogen-bond donors (Lipinski definition) is 0. The van der Waals surface area contributed by atoms with Crippen LogP contribution in [0.15, 0.2) is 12.1 Å². The van der Waals surface area contributed by atoms with Gasteiger partial charge in [0.25, 0.3) is 0 Å². The Kier molecular flexibility index (Phi) is 4.91. The van der Waals surface area contributed by atoms with Gasteiger partial charge in [0.1, 0.15) is 5.37 Å². The summed E-state index contributed by atoms with van der Waals surface area (Å²) in [5, 5.41) is 0.171. The second kappa shape index (κ2) is 6.69. The summed E-state index contributed by atoms with van der Waals surface area (Å²) in [5.74, 6) is 0.863. The van der Waals surface area contributed by atoms with Gasteiger partial charge in [-0.2, -0.15) is 0 Å². The molecule has 0 saturated carbocycles. The third-order valence-corrected chi connectivity index (χ3v) is 6.58. The van der Waals surface area contributed by atoms with E-state index in [2.05, 4.69) is 11.0 Å². The molecule has 2 aliphatic rings. The van der Waals surface area contributed by atoms with Gasteiger partial charge in [-0.3, -0.25) is 4.79 Å². The first-order valence-corrected chi connectivity index (χ1v) is 9.37. The summed E-state index contributed by atoms with van der Waals surface area (Å²) in [6.45, 7) is 4.21. The van der Waals surface area contributed by atoms with Gasteiger partial charge in [-0.05, 0) is 38.1 Å². The van der Waals surface area contributed by atoms with Crippen LogP contribution in [0, 0.1) is 0 Å². The summed E-state index contributed by atoms with van der Waals surface area (Å²) >= 11 is 9.33. The Morgan fingerprint density at radius 1 is 1.20 bits per heavy atom. The van der Waals surface area contributed by atoms with E-state index < -0.39 is 0 Å². The predicted octanol–water partition coefficient (Wildman–Crippen LogP) is 3.46. The highest BCUT2D eigenvalue weighted by atomic mass is 35.5. The number of amides is 1. The molecule has 3 heterocycles. The van der Waals surface area contributed by atoms with Crippen LogP contribution in [0.25, 0.3) is 0 Å². The Morgan fingerprint density at radius 2 is 2.00 bits per heavy atom. The minimum Gasteiger partial charge on any atom is -0.324 e. The molecule has 0 aliphatic carbocycles. The smallest absolute Gasteiger partial charge is 0.233 e. The van der Waals surface area contributed by atoms with Gasteiger partial charge in [0.2, 0.25) is 5.91 Å². The highest BCUT2D eigenvalue weighted by Gasteiger charge is 2.33. The van der Waals surface area contributed by atoms with E-state index in [4.69, 9.17) is 11.6 Å². The third kappa shape index (κ3) is 3.32. The van der Waals surface area contributed by atoms with E-state index in [9.17, 15) is 4.79 Å². The third-order valence-electron chi connectivity index (χ3n) is 3.91. The van der Waals surface area contributed by atoms with Gasteiger partial charge in [-0.1, -0.05) is 18.0 Å². The maximum Gasteiger partial charge on any atom is 0.233 e. The van der Waals surface area contributed by atoms with Gasteiger partial charge in [0, 0.05) is 18.0 Å². The zero-order valence-corrected chi connectivity index (χ0v) is 13.8. The highest BCUT2D eigenvalue weighted by molar-refractivity contribution is 8.00. The molecule has 2 saturated heterocycles. The SMILES string of the molecule is O=C1CSC(c2ccc(Cl)s2)N1CCN1CCCCC1. The van der Waals surface area contributed by atoms with E-state index in [1.165, 1.54) is 37.2 Å². The first-order chi connectivity index (χ1) is 9.74. The van der Waals surface area contributed by atoms with Crippen LogP contribution in [-0.4, -0.2) is 47.6 Å². The second-order valence-electron chi connectivity index (χ2n) is 5.29. The molecule has 2 fully saturated rings. The minimum absolute atomic E-state index is 0.171. The molecular formula is C14H19ClN2OS2. The van der Waals surface area contributed by atoms with Gasteiger partial charge >= 0.3 is 0 Å². The van der Waals surface area contributed by atoms with E-state index in [-0.39, 0.29) is 11.3 Å². The minimum atomic E-state index is 0.171. The Balaban J connectivity index is 1.61. The zero-order valence-electron chi connectivity index (χ0n) is 11.4. The zero-order chi connectivity index (χ0) is 13.9. The Hall–Kier alpha value is -0.230. The lowest BCUT2D eigenvalue weighted by Crippen LogP contribution is -2.39.